The number of hydrogen-bond donors (Lipinski definition) is 1. The Balaban J connectivity index is 2.06. The van der Waals surface area contributed by atoms with Crippen molar-refractivity contribution in [3.05, 3.63) is 40.7 Å². The molecule has 0 atom stereocenters. The fourth-order valence-electron chi connectivity index (χ4n) is 2.12. The van der Waals surface area contributed by atoms with Crippen LogP contribution in [0.2, 0.25) is 0 Å². The predicted molar refractivity (Wildman–Crippen MR) is 79.2 cm³/mol. The highest BCUT2D eigenvalue weighted by molar-refractivity contribution is 7.98. The van der Waals surface area contributed by atoms with Gasteiger partial charge in [-0.3, -0.25) is 0 Å². The zero-order valence-electron chi connectivity index (χ0n) is 11.7. The summed E-state index contributed by atoms with van der Waals surface area (Å²) >= 11 is 1.71. The van der Waals surface area contributed by atoms with E-state index in [1.165, 1.54) is 16.7 Å². The summed E-state index contributed by atoms with van der Waals surface area (Å²) in [6.45, 7) is 4.86. The highest BCUT2D eigenvalue weighted by atomic mass is 32.2. The minimum Gasteiger partial charge on any atom is -0.330 e. The zero-order valence-corrected chi connectivity index (χ0v) is 12.5. The second kappa shape index (κ2) is 6.21. The minimum absolute atomic E-state index is 0.605. The highest BCUT2D eigenvalue weighted by Crippen LogP contribution is 2.22. The van der Waals surface area contributed by atoms with Gasteiger partial charge in [-0.05, 0) is 26.0 Å². The van der Waals surface area contributed by atoms with Gasteiger partial charge in [-0.25, -0.2) is 0 Å². The molecular formula is C14H20N4S. The lowest BCUT2D eigenvalue weighted by Gasteiger charge is -2.05. The van der Waals surface area contributed by atoms with E-state index >= 15 is 0 Å². The van der Waals surface area contributed by atoms with Gasteiger partial charge in [-0.15, -0.1) is 10.2 Å². The van der Waals surface area contributed by atoms with Crippen LogP contribution in [0.25, 0.3) is 0 Å². The van der Waals surface area contributed by atoms with Crippen molar-refractivity contribution in [2.75, 3.05) is 6.54 Å². The average molecular weight is 276 g/mol. The summed E-state index contributed by atoms with van der Waals surface area (Å²) in [5, 5.41) is 9.33. The van der Waals surface area contributed by atoms with Crippen molar-refractivity contribution in [3.63, 3.8) is 0 Å². The summed E-state index contributed by atoms with van der Waals surface area (Å²) in [5.41, 5.74) is 9.48. The molecule has 0 spiro atoms. The standard InChI is InChI=1S/C14H20N4S/c1-10-6-11(2)8-12(7-10)9-19-14-17-16-13(4-5-15)18(14)3/h6-8H,4-5,9,15H2,1-3H3. The third-order valence-corrected chi connectivity index (χ3v) is 4.03. The van der Waals surface area contributed by atoms with Gasteiger partial charge in [0.2, 0.25) is 0 Å². The number of nitrogens with two attached hydrogens (primary N) is 1. The topological polar surface area (TPSA) is 56.7 Å². The molecule has 0 amide bonds. The second-order valence-electron chi connectivity index (χ2n) is 4.78. The Morgan fingerprint density at radius 1 is 1.16 bits per heavy atom. The molecule has 0 saturated carbocycles. The molecule has 1 aromatic heterocycles. The molecule has 0 aliphatic carbocycles. The monoisotopic (exact) mass is 276 g/mol. The predicted octanol–water partition coefficient (Wildman–Crippen LogP) is 2.23. The van der Waals surface area contributed by atoms with Crippen LogP contribution in [-0.4, -0.2) is 21.3 Å². The molecule has 0 aliphatic rings. The largest absolute Gasteiger partial charge is 0.330 e. The van der Waals surface area contributed by atoms with Gasteiger partial charge >= 0.3 is 0 Å². The average Bonchev–Trinajstić information content (AvgIpc) is 2.68. The molecule has 102 valence electrons. The summed E-state index contributed by atoms with van der Waals surface area (Å²) in [7, 11) is 1.99. The summed E-state index contributed by atoms with van der Waals surface area (Å²) in [6.07, 6.45) is 0.771. The van der Waals surface area contributed by atoms with Crippen LogP contribution in [0.4, 0.5) is 0 Å². The van der Waals surface area contributed by atoms with Gasteiger partial charge in [0.05, 0.1) is 0 Å². The van der Waals surface area contributed by atoms with Crippen molar-refractivity contribution in [2.24, 2.45) is 12.8 Å². The first kappa shape index (κ1) is 14.1. The maximum Gasteiger partial charge on any atom is 0.191 e. The molecule has 19 heavy (non-hydrogen) atoms. The van der Waals surface area contributed by atoms with Gasteiger partial charge in [0.25, 0.3) is 0 Å². The summed E-state index contributed by atoms with van der Waals surface area (Å²) in [5.74, 6) is 1.86. The van der Waals surface area contributed by atoms with E-state index in [9.17, 15) is 0 Å². The van der Waals surface area contributed by atoms with E-state index < -0.39 is 0 Å². The van der Waals surface area contributed by atoms with Crippen molar-refractivity contribution in [3.8, 4) is 0 Å². The molecule has 1 aromatic carbocycles. The summed E-state index contributed by atoms with van der Waals surface area (Å²) < 4.78 is 2.03. The first-order chi connectivity index (χ1) is 9.10. The van der Waals surface area contributed by atoms with Gasteiger partial charge in [-0.1, -0.05) is 41.1 Å². The molecule has 0 fully saturated rings. The number of aromatic nitrogens is 3. The fourth-order valence-corrected chi connectivity index (χ4v) is 2.98. The van der Waals surface area contributed by atoms with E-state index in [0.29, 0.717) is 6.54 Å². The number of thioether (sulfide) groups is 1. The number of benzene rings is 1. The molecule has 0 saturated heterocycles. The molecule has 0 aliphatic heterocycles. The fraction of sp³-hybridized carbons (Fsp3) is 0.429. The number of rotatable bonds is 5. The first-order valence-electron chi connectivity index (χ1n) is 6.38. The van der Waals surface area contributed by atoms with E-state index in [2.05, 4.69) is 42.2 Å². The van der Waals surface area contributed by atoms with Gasteiger partial charge in [0.15, 0.2) is 5.16 Å². The second-order valence-corrected chi connectivity index (χ2v) is 5.72. The molecule has 0 unspecified atom stereocenters. The van der Waals surface area contributed by atoms with E-state index in [0.717, 1.165) is 23.2 Å². The Bertz CT molecular complexity index is 542. The third kappa shape index (κ3) is 3.58. The van der Waals surface area contributed by atoms with Crippen molar-refractivity contribution < 1.29 is 0 Å². The highest BCUT2D eigenvalue weighted by Gasteiger charge is 2.08. The van der Waals surface area contributed by atoms with Crippen LogP contribution in [0.5, 0.6) is 0 Å². The first-order valence-corrected chi connectivity index (χ1v) is 7.37. The van der Waals surface area contributed by atoms with Crippen LogP contribution < -0.4 is 5.73 Å². The molecule has 1 heterocycles. The molecule has 4 nitrogen and oxygen atoms in total. The van der Waals surface area contributed by atoms with Crippen molar-refractivity contribution in [1.82, 2.24) is 14.8 Å². The van der Waals surface area contributed by atoms with Crippen LogP contribution in [0.15, 0.2) is 23.4 Å². The minimum atomic E-state index is 0.605. The van der Waals surface area contributed by atoms with Crippen molar-refractivity contribution in [1.29, 1.82) is 0 Å². The van der Waals surface area contributed by atoms with Gasteiger partial charge in [0.1, 0.15) is 5.82 Å². The molecule has 0 bridgehead atoms. The molecule has 5 heteroatoms. The van der Waals surface area contributed by atoms with Crippen molar-refractivity contribution >= 4 is 11.8 Å². The lowest BCUT2D eigenvalue weighted by molar-refractivity contribution is 0.727. The van der Waals surface area contributed by atoms with Crippen LogP contribution >= 0.6 is 11.8 Å². The lowest BCUT2D eigenvalue weighted by atomic mass is 10.1. The quantitative estimate of drug-likeness (QED) is 0.851. The lowest BCUT2D eigenvalue weighted by Crippen LogP contribution is -2.08. The Hall–Kier alpha value is -1.33. The molecular weight excluding hydrogens is 256 g/mol. The maximum atomic E-state index is 5.55. The Morgan fingerprint density at radius 3 is 2.47 bits per heavy atom. The van der Waals surface area contributed by atoms with Gasteiger partial charge in [0, 0.05) is 19.2 Å². The normalized spacial score (nSPS) is 10.9. The van der Waals surface area contributed by atoms with Gasteiger partial charge < -0.3 is 10.3 Å². The Labute approximate surface area is 118 Å². The summed E-state index contributed by atoms with van der Waals surface area (Å²) in [6, 6.07) is 6.63. The third-order valence-electron chi connectivity index (χ3n) is 2.94. The van der Waals surface area contributed by atoms with Crippen LogP contribution in [0.1, 0.15) is 22.5 Å². The van der Waals surface area contributed by atoms with Crippen LogP contribution in [0, 0.1) is 13.8 Å². The number of nitrogens with zero attached hydrogens (tertiary/aromatic N) is 3. The number of aryl methyl sites for hydroxylation is 2. The number of hydrogen-bond acceptors (Lipinski definition) is 4. The zero-order chi connectivity index (χ0) is 13.8. The maximum absolute atomic E-state index is 5.55. The van der Waals surface area contributed by atoms with Gasteiger partial charge in [-0.2, -0.15) is 0 Å². The molecule has 2 N–H and O–H groups in total. The smallest absolute Gasteiger partial charge is 0.191 e. The van der Waals surface area contributed by atoms with Crippen molar-refractivity contribution in [2.45, 2.75) is 31.2 Å². The summed E-state index contributed by atoms with van der Waals surface area (Å²) in [4.78, 5) is 0. The van der Waals surface area contributed by atoms with E-state index in [1.54, 1.807) is 11.8 Å². The van der Waals surface area contributed by atoms with E-state index in [4.69, 9.17) is 5.73 Å². The Kier molecular flexibility index (Phi) is 4.61. The van der Waals surface area contributed by atoms with Crippen LogP contribution in [0.3, 0.4) is 0 Å². The van der Waals surface area contributed by atoms with E-state index in [-0.39, 0.29) is 0 Å². The van der Waals surface area contributed by atoms with Crippen LogP contribution in [-0.2, 0) is 19.2 Å². The Morgan fingerprint density at radius 2 is 1.84 bits per heavy atom. The SMILES string of the molecule is Cc1cc(C)cc(CSc2nnc(CCN)n2C)c1. The molecule has 0 radical (unpaired) electrons. The molecule has 2 aromatic rings. The van der Waals surface area contributed by atoms with E-state index in [1.807, 2.05) is 11.6 Å². The molecule has 2 rings (SSSR count).